The molecule has 0 N–H and O–H groups in total. The number of benzene rings is 2. The summed E-state index contributed by atoms with van der Waals surface area (Å²) >= 11 is 0. The fourth-order valence-corrected chi connectivity index (χ4v) is 2.85. The summed E-state index contributed by atoms with van der Waals surface area (Å²) in [4.78, 5) is 4.37. The van der Waals surface area contributed by atoms with Gasteiger partial charge < -0.3 is 4.42 Å². The molecule has 0 bridgehead atoms. The molecule has 112 valence electrons. The van der Waals surface area contributed by atoms with E-state index in [0.29, 0.717) is 5.89 Å². The number of rotatable bonds is 4. The Kier molecular flexibility index (Phi) is 3.56. The quantitative estimate of drug-likeness (QED) is 0.572. The van der Waals surface area contributed by atoms with Gasteiger partial charge in [-0.25, -0.2) is 0 Å². The summed E-state index contributed by atoms with van der Waals surface area (Å²) in [5.41, 5.74) is 3.39. The molecule has 0 saturated heterocycles. The molecule has 4 heteroatoms. The Morgan fingerprint density at radius 3 is 2.70 bits per heavy atom. The van der Waals surface area contributed by atoms with Gasteiger partial charge >= 0.3 is 0 Å². The first-order valence-corrected chi connectivity index (χ1v) is 7.55. The fraction of sp³-hybridized carbons (Fsp3) is 0.105. The summed E-state index contributed by atoms with van der Waals surface area (Å²) in [5, 5.41) is 9.10. The van der Waals surface area contributed by atoms with E-state index in [9.17, 15) is 0 Å². The molecule has 0 saturated carbocycles. The summed E-state index contributed by atoms with van der Waals surface area (Å²) in [6.07, 6.45) is 4.00. The highest BCUT2D eigenvalue weighted by atomic mass is 16.4. The zero-order valence-corrected chi connectivity index (χ0v) is 12.5. The SMILES string of the molecule is c1ccc(C(Cc2ccc3ncccc3c2)c2nnco2)cc1. The van der Waals surface area contributed by atoms with Crippen LogP contribution in [0, 0.1) is 0 Å². The maximum Gasteiger partial charge on any atom is 0.224 e. The molecule has 0 amide bonds. The van der Waals surface area contributed by atoms with E-state index in [0.717, 1.165) is 17.3 Å². The molecule has 0 aliphatic carbocycles. The standard InChI is InChI=1S/C19H15N3O/c1-2-5-15(6-3-1)17(19-22-21-13-23-19)12-14-8-9-18-16(11-14)7-4-10-20-18/h1-11,13,17H,12H2. The molecule has 0 spiro atoms. The van der Waals surface area contributed by atoms with E-state index < -0.39 is 0 Å². The van der Waals surface area contributed by atoms with Gasteiger partial charge in [-0.05, 0) is 35.7 Å². The number of aromatic nitrogens is 3. The van der Waals surface area contributed by atoms with Crippen molar-refractivity contribution in [3.05, 3.63) is 90.3 Å². The van der Waals surface area contributed by atoms with Crippen molar-refractivity contribution in [3.8, 4) is 0 Å². The monoisotopic (exact) mass is 301 g/mol. The van der Waals surface area contributed by atoms with Gasteiger partial charge in [0.1, 0.15) is 0 Å². The minimum atomic E-state index is 0.0489. The molecule has 0 fully saturated rings. The third kappa shape index (κ3) is 2.83. The maximum absolute atomic E-state index is 5.48. The average molecular weight is 301 g/mol. The molecule has 23 heavy (non-hydrogen) atoms. The van der Waals surface area contributed by atoms with E-state index in [1.165, 1.54) is 17.5 Å². The van der Waals surface area contributed by atoms with Crippen LogP contribution in [0.4, 0.5) is 0 Å². The van der Waals surface area contributed by atoms with Crippen LogP contribution in [0.5, 0.6) is 0 Å². The van der Waals surface area contributed by atoms with Crippen molar-refractivity contribution in [1.29, 1.82) is 0 Å². The van der Waals surface area contributed by atoms with Crippen molar-refractivity contribution in [2.45, 2.75) is 12.3 Å². The summed E-state index contributed by atoms with van der Waals surface area (Å²) in [6, 6.07) is 20.6. The molecular weight excluding hydrogens is 286 g/mol. The lowest BCUT2D eigenvalue weighted by atomic mass is 9.91. The smallest absolute Gasteiger partial charge is 0.224 e. The molecule has 0 aliphatic heterocycles. The number of hydrogen-bond acceptors (Lipinski definition) is 4. The largest absolute Gasteiger partial charge is 0.427 e. The summed E-state index contributed by atoms with van der Waals surface area (Å²) in [6.45, 7) is 0. The Morgan fingerprint density at radius 1 is 0.957 bits per heavy atom. The molecule has 4 rings (SSSR count). The first-order valence-electron chi connectivity index (χ1n) is 7.55. The van der Waals surface area contributed by atoms with Crippen LogP contribution in [0.3, 0.4) is 0 Å². The van der Waals surface area contributed by atoms with Gasteiger partial charge in [0.15, 0.2) is 0 Å². The first-order chi connectivity index (χ1) is 11.4. The van der Waals surface area contributed by atoms with Crippen LogP contribution in [0.25, 0.3) is 10.9 Å². The molecule has 1 atom stereocenters. The zero-order chi connectivity index (χ0) is 15.5. The van der Waals surface area contributed by atoms with Crippen molar-refractivity contribution < 1.29 is 4.42 Å². The van der Waals surface area contributed by atoms with E-state index in [-0.39, 0.29) is 5.92 Å². The van der Waals surface area contributed by atoms with Gasteiger partial charge in [0.2, 0.25) is 12.3 Å². The highest BCUT2D eigenvalue weighted by Gasteiger charge is 2.19. The van der Waals surface area contributed by atoms with Gasteiger partial charge in [-0.15, -0.1) is 10.2 Å². The Labute approximate surface area is 133 Å². The second-order valence-electron chi connectivity index (χ2n) is 5.47. The van der Waals surface area contributed by atoms with Gasteiger partial charge in [0.05, 0.1) is 11.4 Å². The van der Waals surface area contributed by atoms with E-state index in [4.69, 9.17) is 4.42 Å². The fourth-order valence-electron chi connectivity index (χ4n) is 2.85. The summed E-state index contributed by atoms with van der Waals surface area (Å²) < 4.78 is 5.48. The molecule has 0 radical (unpaired) electrons. The summed E-state index contributed by atoms with van der Waals surface area (Å²) in [5.74, 6) is 0.690. The average Bonchev–Trinajstić information content (AvgIpc) is 3.14. The highest BCUT2D eigenvalue weighted by Crippen LogP contribution is 2.28. The van der Waals surface area contributed by atoms with Crippen LogP contribution in [0.15, 0.2) is 77.7 Å². The first kappa shape index (κ1) is 13.6. The number of pyridine rings is 1. The molecule has 2 aromatic carbocycles. The number of hydrogen-bond donors (Lipinski definition) is 0. The Bertz CT molecular complexity index is 904. The van der Waals surface area contributed by atoms with Gasteiger partial charge in [0, 0.05) is 11.6 Å². The van der Waals surface area contributed by atoms with Crippen molar-refractivity contribution in [1.82, 2.24) is 15.2 Å². The number of nitrogens with zero attached hydrogens (tertiary/aromatic N) is 3. The van der Waals surface area contributed by atoms with E-state index in [2.05, 4.69) is 51.6 Å². The van der Waals surface area contributed by atoms with E-state index in [1.807, 2.05) is 30.5 Å². The van der Waals surface area contributed by atoms with Crippen molar-refractivity contribution in [2.24, 2.45) is 0 Å². The van der Waals surface area contributed by atoms with Gasteiger partial charge in [-0.1, -0.05) is 42.5 Å². The van der Waals surface area contributed by atoms with Crippen LogP contribution < -0.4 is 0 Å². The Balaban J connectivity index is 1.72. The predicted molar refractivity (Wildman–Crippen MR) is 88.0 cm³/mol. The molecule has 2 aromatic heterocycles. The van der Waals surface area contributed by atoms with Crippen LogP contribution in [-0.2, 0) is 6.42 Å². The van der Waals surface area contributed by atoms with Gasteiger partial charge in [-0.2, -0.15) is 0 Å². The highest BCUT2D eigenvalue weighted by molar-refractivity contribution is 5.78. The maximum atomic E-state index is 5.48. The van der Waals surface area contributed by atoms with Crippen LogP contribution in [-0.4, -0.2) is 15.2 Å². The lowest BCUT2D eigenvalue weighted by Crippen LogP contribution is -2.06. The minimum absolute atomic E-state index is 0.0489. The van der Waals surface area contributed by atoms with E-state index in [1.54, 1.807) is 0 Å². The molecule has 4 nitrogen and oxygen atoms in total. The van der Waals surface area contributed by atoms with Crippen LogP contribution in [0.1, 0.15) is 22.9 Å². The predicted octanol–water partition coefficient (Wildman–Crippen LogP) is 3.99. The normalized spacial score (nSPS) is 12.3. The molecule has 1 unspecified atom stereocenters. The third-order valence-electron chi connectivity index (χ3n) is 3.98. The third-order valence-corrected chi connectivity index (χ3v) is 3.98. The van der Waals surface area contributed by atoms with Crippen LogP contribution in [0.2, 0.25) is 0 Å². The number of fused-ring (bicyclic) bond motifs is 1. The molecule has 2 heterocycles. The summed E-state index contributed by atoms with van der Waals surface area (Å²) in [7, 11) is 0. The van der Waals surface area contributed by atoms with Crippen molar-refractivity contribution in [2.75, 3.05) is 0 Å². The lowest BCUT2D eigenvalue weighted by Gasteiger charge is -2.14. The zero-order valence-electron chi connectivity index (χ0n) is 12.5. The molecule has 0 aliphatic rings. The Morgan fingerprint density at radius 2 is 1.87 bits per heavy atom. The Hall–Kier alpha value is -3.01. The second-order valence-corrected chi connectivity index (χ2v) is 5.47. The van der Waals surface area contributed by atoms with Crippen molar-refractivity contribution >= 4 is 10.9 Å². The second kappa shape index (κ2) is 6.01. The molecule has 4 aromatic rings. The van der Waals surface area contributed by atoms with E-state index >= 15 is 0 Å². The van der Waals surface area contributed by atoms with Crippen LogP contribution >= 0.6 is 0 Å². The van der Waals surface area contributed by atoms with Crippen molar-refractivity contribution in [3.63, 3.8) is 0 Å². The molecular formula is C19H15N3O. The van der Waals surface area contributed by atoms with Gasteiger partial charge in [-0.3, -0.25) is 4.98 Å². The topological polar surface area (TPSA) is 51.8 Å². The van der Waals surface area contributed by atoms with Gasteiger partial charge in [0.25, 0.3) is 0 Å². The lowest BCUT2D eigenvalue weighted by molar-refractivity contribution is 0.467. The minimum Gasteiger partial charge on any atom is -0.427 e.